The van der Waals surface area contributed by atoms with Gasteiger partial charge in [-0.3, -0.25) is 9.59 Å². The normalized spacial score (nSPS) is 13.9. The number of benzene rings is 2. The molecule has 7 heteroatoms. The van der Waals surface area contributed by atoms with E-state index < -0.39 is 0 Å². The zero-order valence-electron chi connectivity index (χ0n) is 19.4. The van der Waals surface area contributed by atoms with E-state index in [0.717, 1.165) is 40.9 Å². The maximum Gasteiger partial charge on any atom is 0.289 e. The van der Waals surface area contributed by atoms with Gasteiger partial charge in [-0.25, -0.2) is 0 Å². The summed E-state index contributed by atoms with van der Waals surface area (Å²) in [4.78, 5) is 32.1. The number of hydrogen-bond acceptors (Lipinski definition) is 5. The van der Waals surface area contributed by atoms with Crippen molar-refractivity contribution < 1.29 is 9.21 Å². The third kappa shape index (κ3) is 4.41. The summed E-state index contributed by atoms with van der Waals surface area (Å²) in [5.41, 5.74) is 5.87. The fourth-order valence-electron chi connectivity index (χ4n) is 4.57. The van der Waals surface area contributed by atoms with Crippen LogP contribution in [0, 0.1) is 13.8 Å². The Morgan fingerprint density at radius 1 is 1.03 bits per heavy atom. The summed E-state index contributed by atoms with van der Waals surface area (Å²) in [7, 11) is 0. The highest BCUT2D eigenvalue weighted by Gasteiger charge is 2.23. The predicted octanol–water partition coefficient (Wildman–Crippen LogP) is 4.31. The van der Waals surface area contributed by atoms with Gasteiger partial charge in [0.1, 0.15) is 0 Å². The van der Waals surface area contributed by atoms with Crippen LogP contribution in [0.1, 0.15) is 27.2 Å². The lowest BCUT2D eigenvalue weighted by Gasteiger charge is -2.35. The molecule has 2 aromatic heterocycles. The molecule has 0 radical (unpaired) electrons. The van der Waals surface area contributed by atoms with Crippen molar-refractivity contribution in [2.45, 2.75) is 20.4 Å². The zero-order valence-corrected chi connectivity index (χ0v) is 19.4. The molecule has 2 aromatic carbocycles. The fourth-order valence-corrected chi connectivity index (χ4v) is 4.57. The second-order valence-corrected chi connectivity index (χ2v) is 8.83. The van der Waals surface area contributed by atoms with Crippen molar-refractivity contribution in [3.05, 3.63) is 93.7 Å². The molecule has 174 valence electrons. The van der Waals surface area contributed by atoms with Crippen molar-refractivity contribution in [2.24, 2.45) is 0 Å². The molecule has 1 aliphatic heterocycles. The van der Waals surface area contributed by atoms with Crippen molar-refractivity contribution >= 4 is 28.2 Å². The molecule has 1 fully saturated rings. The Balaban J connectivity index is 1.20. The molecule has 7 nitrogen and oxygen atoms in total. The Morgan fingerprint density at radius 3 is 2.50 bits per heavy atom. The predicted molar refractivity (Wildman–Crippen MR) is 135 cm³/mol. The maximum atomic E-state index is 12.6. The summed E-state index contributed by atoms with van der Waals surface area (Å²) in [5.74, 6) is 0.331. The molecule has 1 aliphatic rings. The number of anilines is 2. The van der Waals surface area contributed by atoms with Gasteiger partial charge in [0, 0.05) is 49.7 Å². The van der Waals surface area contributed by atoms with Crippen LogP contribution >= 0.6 is 0 Å². The summed E-state index contributed by atoms with van der Waals surface area (Å²) in [5, 5.41) is 4.41. The van der Waals surface area contributed by atoms with Crippen molar-refractivity contribution in [3.63, 3.8) is 0 Å². The zero-order chi connectivity index (χ0) is 23.7. The highest BCUT2D eigenvalue weighted by Crippen LogP contribution is 2.22. The van der Waals surface area contributed by atoms with Crippen LogP contribution in [0.25, 0.3) is 10.9 Å². The van der Waals surface area contributed by atoms with Gasteiger partial charge in [0.05, 0.1) is 11.8 Å². The number of nitrogens with zero attached hydrogens (tertiary/aromatic N) is 2. The quantitative estimate of drug-likeness (QED) is 0.468. The minimum atomic E-state index is -0.0643. The van der Waals surface area contributed by atoms with Gasteiger partial charge >= 0.3 is 0 Å². The number of rotatable bonds is 5. The van der Waals surface area contributed by atoms with E-state index in [2.05, 4.69) is 46.4 Å². The standard InChI is InChI=1S/C27H28N4O3/c1-18-14-19(2)25-20(15-18)16-21(26(32)29-25)17-28-22-5-7-23(8-6-22)30-9-11-31(12-10-30)27(33)24-4-3-13-34-24/h3-8,13-16,28H,9-12,17H2,1-2H3,(H,29,32). The molecule has 0 aliphatic carbocycles. The van der Waals surface area contributed by atoms with Crippen LogP contribution in [-0.2, 0) is 6.54 Å². The minimum Gasteiger partial charge on any atom is -0.459 e. The number of piperazine rings is 1. The van der Waals surface area contributed by atoms with Gasteiger partial charge < -0.3 is 24.5 Å². The maximum absolute atomic E-state index is 12.6. The van der Waals surface area contributed by atoms with Gasteiger partial charge in [-0.2, -0.15) is 0 Å². The van der Waals surface area contributed by atoms with E-state index >= 15 is 0 Å². The Hall–Kier alpha value is -4.00. The first kappa shape index (κ1) is 21.8. The molecule has 0 saturated carbocycles. The Morgan fingerprint density at radius 2 is 1.79 bits per heavy atom. The second-order valence-electron chi connectivity index (χ2n) is 8.83. The van der Waals surface area contributed by atoms with Gasteiger partial charge in [-0.1, -0.05) is 11.6 Å². The number of hydrogen-bond donors (Lipinski definition) is 2. The molecule has 0 spiro atoms. The molecule has 3 heterocycles. The number of pyridine rings is 1. The molecule has 1 saturated heterocycles. The van der Waals surface area contributed by atoms with Crippen molar-refractivity contribution in [1.82, 2.24) is 9.88 Å². The van der Waals surface area contributed by atoms with Crippen LogP contribution in [0.15, 0.2) is 70.1 Å². The molecule has 1 amide bonds. The molecule has 34 heavy (non-hydrogen) atoms. The van der Waals surface area contributed by atoms with Gasteiger partial charge in [-0.15, -0.1) is 0 Å². The number of aryl methyl sites for hydroxylation is 2. The average Bonchev–Trinajstić information content (AvgIpc) is 3.38. The van der Waals surface area contributed by atoms with E-state index in [1.54, 1.807) is 12.1 Å². The first-order chi connectivity index (χ1) is 16.5. The molecular weight excluding hydrogens is 428 g/mol. The number of aromatic nitrogens is 1. The summed E-state index contributed by atoms with van der Waals surface area (Å²) in [6, 6.07) is 17.8. The van der Waals surface area contributed by atoms with Gasteiger partial charge in [0.25, 0.3) is 11.5 Å². The van der Waals surface area contributed by atoms with Gasteiger partial charge in [0.15, 0.2) is 5.76 Å². The smallest absolute Gasteiger partial charge is 0.289 e. The molecule has 4 aromatic rings. The fraction of sp³-hybridized carbons (Fsp3) is 0.259. The summed E-state index contributed by atoms with van der Waals surface area (Å²) in [6.45, 7) is 7.38. The molecular formula is C27H28N4O3. The largest absolute Gasteiger partial charge is 0.459 e. The van der Waals surface area contributed by atoms with Crippen LogP contribution in [-0.4, -0.2) is 42.0 Å². The van der Waals surface area contributed by atoms with E-state index in [1.165, 1.54) is 11.8 Å². The number of carbonyl (C=O) groups is 1. The van der Waals surface area contributed by atoms with E-state index in [0.29, 0.717) is 31.0 Å². The molecule has 0 unspecified atom stereocenters. The number of fused-ring (bicyclic) bond motifs is 1. The third-order valence-electron chi connectivity index (χ3n) is 6.38. The van der Waals surface area contributed by atoms with Gasteiger partial charge in [-0.05, 0) is 73.3 Å². The number of aromatic amines is 1. The van der Waals surface area contributed by atoms with Crippen LogP contribution in [0.4, 0.5) is 11.4 Å². The number of carbonyl (C=O) groups excluding carboxylic acids is 1. The Labute approximate surface area is 198 Å². The lowest BCUT2D eigenvalue weighted by atomic mass is 10.1. The van der Waals surface area contributed by atoms with Crippen molar-refractivity contribution in [1.29, 1.82) is 0 Å². The molecule has 5 rings (SSSR count). The molecule has 0 bridgehead atoms. The lowest BCUT2D eigenvalue weighted by molar-refractivity contribution is 0.0714. The van der Waals surface area contributed by atoms with Crippen LogP contribution in [0.3, 0.4) is 0 Å². The topological polar surface area (TPSA) is 81.6 Å². The summed E-state index contributed by atoms with van der Waals surface area (Å²) >= 11 is 0. The highest BCUT2D eigenvalue weighted by atomic mass is 16.3. The van der Waals surface area contributed by atoms with Gasteiger partial charge in [0.2, 0.25) is 0 Å². The first-order valence-electron chi connectivity index (χ1n) is 11.5. The SMILES string of the molecule is Cc1cc(C)c2[nH]c(=O)c(CNc3ccc(N4CCN(C(=O)c5ccco5)CC4)cc3)cc2c1. The lowest BCUT2D eigenvalue weighted by Crippen LogP contribution is -2.48. The average molecular weight is 457 g/mol. The van der Waals surface area contributed by atoms with Crippen LogP contribution < -0.4 is 15.8 Å². The van der Waals surface area contributed by atoms with E-state index in [4.69, 9.17) is 4.42 Å². The van der Waals surface area contributed by atoms with E-state index in [1.807, 2.05) is 30.0 Å². The number of furan rings is 1. The minimum absolute atomic E-state index is 0.0572. The summed E-state index contributed by atoms with van der Waals surface area (Å²) < 4.78 is 5.23. The van der Waals surface area contributed by atoms with Crippen molar-refractivity contribution in [3.8, 4) is 0 Å². The first-order valence-corrected chi connectivity index (χ1v) is 11.5. The van der Waals surface area contributed by atoms with Crippen LogP contribution in [0.5, 0.6) is 0 Å². The number of H-pyrrole nitrogens is 1. The second kappa shape index (κ2) is 9.09. The number of nitrogens with one attached hydrogen (secondary N) is 2. The molecule has 0 atom stereocenters. The Bertz CT molecular complexity index is 1370. The van der Waals surface area contributed by atoms with E-state index in [9.17, 15) is 9.59 Å². The number of amides is 1. The molecule has 2 N–H and O–H groups in total. The van der Waals surface area contributed by atoms with Crippen LogP contribution in [0.2, 0.25) is 0 Å². The van der Waals surface area contributed by atoms with E-state index in [-0.39, 0.29) is 11.5 Å². The third-order valence-corrected chi connectivity index (χ3v) is 6.38. The highest BCUT2D eigenvalue weighted by molar-refractivity contribution is 5.91. The monoisotopic (exact) mass is 456 g/mol. The van der Waals surface area contributed by atoms with Crippen molar-refractivity contribution in [2.75, 3.05) is 36.4 Å². The summed E-state index contributed by atoms with van der Waals surface area (Å²) in [6.07, 6.45) is 1.52. The Kier molecular flexibility index (Phi) is 5.84.